The number of halogens is 3. The first-order valence-electron chi connectivity index (χ1n) is 8.50. The molecule has 0 amide bonds. The van der Waals surface area contributed by atoms with Gasteiger partial charge in [-0.2, -0.15) is 0 Å². The zero-order valence-electron chi connectivity index (χ0n) is 15.6. The normalized spacial score (nSPS) is 11.1. The van der Waals surface area contributed by atoms with E-state index in [9.17, 15) is 8.42 Å². The lowest BCUT2D eigenvalue weighted by Crippen LogP contribution is -2.13. The average molecular weight is 519 g/mol. The molecule has 0 aliphatic heterocycles. The molecule has 5 nitrogen and oxygen atoms in total. The van der Waals surface area contributed by atoms with E-state index in [0.717, 1.165) is 21.1 Å². The van der Waals surface area contributed by atoms with E-state index in [4.69, 9.17) is 5.14 Å². The molecule has 3 N–H and O–H groups in total. The van der Waals surface area contributed by atoms with E-state index in [1.807, 2.05) is 49.4 Å². The fourth-order valence-electron chi connectivity index (χ4n) is 2.82. The molecule has 9 heteroatoms. The van der Waals surface area contributed by atoms with E-state index < -0.39 is 10.0 Å². The molecule has 3 rings (SSSR count). The van der Waals surface area contributed by atoms with Gasteiger partial charge in [0.05, 0.1) is 4.90 Å². The summed E-state index contributed by atoms with van der Waals surface area (Å²) in [7, 11) is -3.81. The number of aryl methyl sites for hydroxylation is 1. The Kier molecular flexibility index (Phi) is 9.58. The number of nitrogens with zero attached hydrogens (tertiary/aromatic N) is 1. The standard InChI is InChI=1S/C20H20BrN3O2S.2ClH/c1-2-15-13-17-16(9-5-11-19(17)27(22,25)26)20(24-15)23-12-6-8-14-7-3-4-10-18(14)21;;/h3-11,13H,2,12H2,1H3,(H,23,24)(H2,22,25,26);2*1H/b8-6+;;. The van der Waals surface area contributed by atoms with Crippen molar-refractivity contribution in [3.8, 4) is 0 Å². The van der Waals surface area contributed by atoms with Gasteiger partial charge in [0, 0.05) is 27.5 Å². The Hall–Kier alpha value is -1.64. The highest BCUT2D eigenvalue weighted by Gasteiger charge is 2.15. The van der Waals surface area contributed by atoms with Crippen LogP contribution in [0.25, 0.3) is 16.8 Å². The number of sulfonamides is 1. The molecule has 0 spiro atoms. The second kappa shape index (κ2) is 10.9. The fourth-order valence-corrected chi connectivity index (χ4v) is 3.98. The van der Waals surface area contributed by atoms with Crippen LogP contribution in [0.4, 0.5) is 5.82 Å². The van der Waals surface area contributed by atoms with Gasteiger partial charge in [0.25, 0.3) is 0 Å². The molecule has 156 valence electrons. The molecule has 1 heterocycles. The predicted molar refractivity (Wildman–Crippen MR) is 129 cm³/mol. The number of nitrogens with two attached hydrogens (primary N) is 1. The largest absolute Gasteiger partial charge is 0.366 e. The molecule has 0 saturated heterocycles. The SMILES string of the molecule is CCc1cc2c(S(N)(=O)=O)cccc2c(NC/C=C/c2ccccc2Br)n1.Cl.Cl. The van der Waals surface area contributed by atoms with Crippen molar-refractivity contribution in [1.82, 2.24) is 4.98 Å². The van der Waals surface area contributed by atoms with Crippen LogP contribution in [0.5, 0.6) is 0 Å². The molecule has 0 fully saturated rings. The van der Waals surface area contributed by atoms with Gasteiger partial charge >= 0.3 is 0 Å². The third kappa shape index (κ3) is 6.17. The lowest BCUT2D eigenvalue weighted by Gasteiger charge is -2.12. The van der Waals surface area contributed by atoms with Gasteiger partial charge in [0.1, 0.15) is 5.82 Å². The number of nitrogens with one attached hydrogen (secondary N) is 1. The lowest BCUT2D eigenvalue weighted by molar-refractivity contribution is 0.598. The summed E-state index contributed by atoms with van der Waals surface area (Å²) in [6.07, 6.45) is 4.70. The minimum atomic E-state index is -3.81. The van der Waals surface area contributed by atoms with Crippen molar-refractivity contribution >= 4 is 73.4 Å². The first-order chi connectivity index (χ1) is 12.9. The number of fused-ring (bicyclic) bond motifs is 1. The van der Waals surface area contributed by atoms with Crippen LogP contribution in [0, 0.1) is 0 Å². The minimum Gasteiger partial charge on any atom is -0.366 e. The molecule has 29 heavy (non-hydrogen) atoms. The van der Waals surface area contributed by atoms with Gasteiger partial charge in [-0.1, -0.05) is 65.3 Å². The van der Waals surface area contributed by atoms with Crippen LogP contribution in [0.1, 0.15) is 18.2 Å². The predicted octanol–water partition coefficient (Wildman–Crippen LogP) is 5.18. The molecular weight excluding hydrogens is 497 g/mol. The zero-order chi connectivity index (χ0) is 19.4. The second-order valence-corrected chi connectivity index (χ2v) is 8.40. The van der Waals surface area contributed by atoms with Gasteiger partial charge in [-0.05, 0) is 30.2 Å². The van der Waals surface area contributed by atoms with E-state index in [1.54, 1.807) is 12.1 Å². The number of rotatable bonds is 6. The fraction of sp³-hybridized carbons (Fsp3) is 0.150. The number of hydrogen-bond donors (Lipinski definition) is 2. The topological polar surface area (TPSA) is 85.1 Å². The maximum atomic E-state index is 11.9. The number of primary sulfonamides is 1. The molecule has 0 radical (unpaired) electrons. The number of aromatic nitrogens is 1. The van der Waals surface area contributed by atoms with Gasteiger partial charge in [-0.15, -0.1) is 24.8 Å². The van der Waals surface area contributed by atoms with E-state index in [1.165, 1.54) is 6.07 Å². The lowest BCUT2D eigenvalue weighted by atomic mass is 10.1. The van der Waals surface area contributed by atoms with Gasteiger partial charge in [-0.25, -0.2) is 18.5 Å². The monoisotopic (exact) mass is 517 g/mol. The number of pyridine rings is 1. The Morgan fingerprint density at radius 3 is 2.48 bits per heavy atom. The molecule has 0 aliphatic rings. The highest BCUT2D eigenvalue weighted by Crippen LogP contribution is 2.28. The highest BCUT2D eigenvalue weighted by molar-refractivity contribution is 9.10. The van der Waals surface area contributed by atoms with Gasteiger partial charge in [0.15, 0.2) is 0 Å². The van der Waals surface area contributed by atoms with Crippen LogP contribution >= 0.6 is 40.7 Å². The van der Waals surface area contributed by atoms with Crippen LogP contribution in [0.3, 0.4) is 0 Å². The van der Waals surface area contributed by atoms with Crippen molar-refractivity contribution in [2.75, 3.05) is 11.9 Å². The van der Waals surface area contributed by atoms with Crippen molar-refractivity contribution in [2.45, 2.75) is 18.2 Å². The Bertz CT molecular complexity index is 1120. The summed E-state index contributed by atoms with van der Waals surface area (Å²) in [5.41, 5.74) is 1.88. The molecule has 0 unspecified atom stereocenters. The van der Waals surface area contributed by atoms with Crippen molar-refractivity contribution in [1.29, 1.82) is 0 Å². The Balaban J connectivity index is 0.00000210. The first-order valence-corrected chi connectivity index (χ1v) is 10.8. The summed E-state index contributed by atoms with van der Waals surface area (Å²) < 4.78 is 24.9. The van der Waals surface area contributed by atoms with Gasteiger partial charge in [0.2, 0.25) is 10.0 Å². The van der Waals surface area contributed by atoms with Crippen LogP contribution in [0.2, 0.25) is 0 Å². The van der Waals surface area contributed by atoms with Gasteiger partial charge in [-0.3, -0.25) is 0 Å². The van der Waals surface area contributed by atoms with Crippen molar-refractivity contribution in [3.05, 3.63) is 70.3 Å². The van der Waals surface area contributed by atoms with E-state index in [-0.39, 0.29) is 29.7 Å². The average Bonchev–Trinajstić information content (AvgIpc) is 2.64. The van der Waals surface area contributed by atoms with Crippen LogP contribution in [-0.4, -0.2) is 19.9 Å². The summed E-state index contributed by atoms with van der Waals surface area (Å²) in [4.78, 5) is 4.73. The zero-order valence-corrected chi connectivity index (χ0v) is 19.7. The maximum Gasteiger partial charge on any atom is 0.238 e. The third-order valence-electron chi connectivity index (χ3n) is 4.15. The van der Waals surface area contributed by atoms with Crippen LogP contribution in [-0.2, 0) is 16.4 Å². The minimum absolute atomic E-state index is 0. The number of hydrogen-bond acceptors (Lipinski definition) is 4. The Labute approximate surface area is 191 Å². The highest BCUT2D eigenvalue weighted by atomic mass is 79.9. The smallest absolute Gasteiger partial charge is 0.238 e. The van der Waals surface area contributed by atoms with Crippen LogP contribution in [0.15, 0.2) is 64.0 Å². The summed E-state index contributed by atoms with van der Waals surface area (Å²) >= 11 is 3.52. The molecule has 3 aromatic rings. The van der Waals surface area contributed by atoms with Crippen molar-refractivity contribution in [3.63, 3.8) is 0 Å². The quantitative estimate of drug-likeness (QED) is 0.471. The van der Waals surface area contributed by atoms with E-state index in [0.29, 0.717) is 24.2 Å². The van der Waals surface area contributed by atoms with Crippen molar-refractivity contribution in [2.24, 2.45) is 5.14 Å². The van der Waals surface area contributed by atoms with Crippen LogP contribution < -0.4 is 10.5 Å². The molecule has 0 atom stereocenters. The molecule has 1 aromatic heterocycles. The summed E-state index contributed by atoms with van der Waals surface area (Å²) in [6, 6.07) is 14.8. The molecular formula is C20H22BrCl2N3O2S. The Morgan fingerprint density at radius 2 is 1.83 bits per heavy atom. The maximum absolute atomic E-state index is 11.9. The summed E-state index contributed by atoms with van der Waals surface area (Å²) in [5, 5.41) is 9.98. The number of anilines is 1. The summed E-state index contributed by atoms with van der Waals surface area (Å²) in [5.74, 6) is 0.645. The van der Waals surface area contributed by atoms with E-state index in [2.05, 4.69) is 26.2 Å². The first kappa shape index (κ1) is 25.4. The van der Waals surface area contributed by atoms with Crippen molar-refractivity contribution < 1.29 is 8.42 Å². The second-order valence-electron chi connectivity index (χ2n) is 6.02. The molecule has 2 aromatic carbocycles. The molecule has 0 aliphatic carbocycles. The molecule has 0 saturated carbocycles. The third-order valence-corrected chi connectivity index (χ3v) is 5.84. The molecule has 0 bridgehead atoms. The van der Waals surface area contributed by atoms with Gasteiger partial charge < -0.3 is 5.32 Å². The summed E-state index contributed by atoms with van der Waals surface area (Å²) in [6.45, 7) is 2.53. The number of benzene rings is 2. The van der Waals surface area contributed by atoms with E-state index >= 15 is 0 Å². The Morgan fingerprint density at radius 1 is 1.10 bits per heavy atom.